The molecule has 0 radical (unpaired) electrons. The van der Waals surface area contributed by atoms with Crippen molar-refractivity contribution >= 4 is 28.8 Å². The first-order valence-electron chi connectivity index (χ1n) is 6.42. The van der Waals surface area contributed by atoms with Crippen LogP contribution in [0, 0.1) is 20.2 Å². The molecular weight excluding hydrogens is 322 g/mol. The summed E-state index contributed by atoms with van der Waals surface area (Å²) in [6.07, 6.45) is 3.92. The minimum atomic E-state index is -1.15. The Balaban J connectivity index is 2.27. The highest BCUT2D eigenvalue weighted by Gasteiger charge is 2.25. The molecule has 2 rings (SSSR count). The average molecular weight is 331 g/mol. The van der Waals surface area contributed by atoms with Crippen LogP contribution in [0.4, 0.5) is 11.4 Å². The molecule has 122 valence electrons. The van der Waals surface area contributed by atoms with Gasteiger partial charge < -0.3 is 4.84 Å². The number of nitro benzene ring substituents is 2. The normalized spacial score (nSPS) is 15.1. The molecule has 1 aromatic carbocycles. The second-order valence-electron chi connectivity index (χ2n) is 4.64. The Morgan fingerprint density at radius 3 is 2.46 bits per heavy atom. The van der Waals surface area contributed by atoms with Gasteiger partial charge in [0.25, 0.3) is 11.4 Å². The van der Waals surface area contributed by atoms with Gasteiger partial charge in [-0.15, -0.1) is 0 Å². The molecule has 0 N–H and O–H groups in total. The van der Waals surface area contributed by atoms with Crippen molar-refractivity contribution in [3.8, 4) is 0 Å². The average Bonchev–Trinajstić information content (AvgIpc) is 2.54. The van der Waals surface area contributed by atoms with Gasteiger partial charge in [-0.2, -0.15) is 0 Å². The van der Waals surface area contributed by atoms with Crippen molar-refractivity contribution in [1.82, 2.24) is 0 Å². The van der Waals surface area contributed by atoms with Gasteiger partial charge in [0, 0.05) is 6.07 Å². The number of nitro groups is 2. The lowest BCUT2D eigenvalue weighted by Gasteiger charge is -2.04. The van der Waals surface area contributed by atoms with E-state index in [4.69, 9.17) is 0 Å². The molecule has 0 saturated heterocycles. The lowest BCUT2D eigenvalue weighted by atomic mass is 10.1. The van der Waals surface area contributed by atoms with Gasteiger partial charge in [0.15, 0.2) is 5.78 Å². The van der Waals surface area contributed by atoms with E-state index in [1.165, 1.54) is 18.2 Å². The van der Waals surface area contributed by atoms with E-state index in [-0.39, 0.29) is 11.5 Å². The maximum absolute atomic E-state index is 11.9. The number of non-ortho nitro benzene ring substituents is 1. The molecule has 0 fully saturated rings. The number of carbonyl (C=O) groups is 2. The van der Waals surface area contributed by atoms with Gasteiger partial charge in [-0.05, 0) is 36.8 Å². The minimum absolute atomic E-state index is 0.171. The van der Waals surface area contributed by atoms with Crippen LogP contribution in [0.25, 0.3) is 0 Å². The second kappa shape index (κ2) is 6.60. The molecule has 0 unspecified atom stereocenters. The molecule has 24 heavy (non-hydrogen) atoms. The quantitative estimate of drug-likeness (QED) is 0.356. The number of benzene rings is 1. The Labute approximate surface area is 134 Å². The van der Waals surface area contributed by atoms with Crippen molar-refractivity contribution in [3.05, 3.63) is 67.8 Å². The van der Waals surface area contributed by atoms with Crippen molar-refractivity contribution in [3.63, 3.8) is 0 Å². The SMILES string of the molecule is CC1=C/C(=N/OC(=O)c2ccc([N+](=O)[O-])cc2[N+](=O)[O-])C=CC1=O. The van der Waals surface area contributed by atoms with E-state index in [2.05, 4.69) is 9.99 Å². The summed E-state index contributed by atoms with van der Waals surface area (Å²) in [7, 11) is 0. The highest BCUT2D eigenvalue weighted by molar-refractivity contribution is 6.18. The topological polar surface area (TPSA) is 142 Å². The standard InChI is InChI=1S/C14H9N3O7/c1-8-6-9(2-5-13(8)18)15-24-14(19)11-4-3-10(16(20)21)7-12(11)17(22)23/h2-7H,1H3/b15-9+. The molecule has 0 spiro atoms. The van der Waals surface area contributed by atoms with Crippen LogP contribution in [-0.4, -0.2) is 27.3 Å². The Morgan fingerprint density at radius 2 is 1.88 bits per heavy atom. The zero-order valence-corrected chi connectivity index (χ0v) is 12.2. The number of rotatable bonds is 4. The third-order valence-electron chi connectivity index (χ3n) is 3.00. The Hall–Kier alpha value is -3.69. The van der Waals surface area contributed by atoms with E-state index in [0.717, 1.165) is 12.1 Å². The first kappa shape index (κ1) is 16.7. The van der Waals surface area contributed by atoms with Crippen molar-refractivity contribution in [2.24, 2.45) is 5.16 Å². The number of hydrogen-bond donors (Lipinski definition) is 0. The van der Waals surface area contributed by atoms with Gasteiger partial charge in [-0.25, -0.2) is 4.79 Å². The summed E-state index contributed by atoms with van der Waals surface area (Å²) in [6.45, 7) is 1.55. The molecule has 0 aromatic heterocycles. The monoisotopic (exact) mass is 331 g/mol. The number of allylic oxidation sites excluding steroid dienone is 4. The van der Waals surface area contributed by atoms with Crippen LogP contribution < -0.4 is 0 Å². The van der Waals surface area contributed by atoms with E-state index in [1.54, 1.807) is 6.92 Å². The fourth-order valence-electron chi connectivity index (χ4n) is 1.79. The Kier molecular flexibility index (Phi) is 4.59. The van der Waals surface area contributed by atoms with Crippen LogP contribution in [0.2, 0.25) is 0 Å². The minimum Gasteiger partial charge on any atom is -0.312 e. The fourth-order valence-corrected chi connectivity index (χ4v) is 1.79. The number of hydrogen-bond acceptors (Lipinski definition) is 8. The maximum atomic E-state index is 11.9. The van der Waals surface area contributed by atoms with Gasteiger partial charge >= 0.3 is 5.97 Å². The third-order valence-corrected chi connectivity index (χ3v) is 3.00. The molecule has 0 saturated carbocycles. The molecule has 0 atom stereocenters. The zero-order valence-electron chi connectivity index (χ0n) is 12.2. The molecule has 1 aliphatic carbocycles. The second-order valence-corrected chi connectivity index (χ2v) is 4.64. The van der Waals surface area contributed by atoms with E-state index >= 15 is 0 Å². The highest BCUT2D eigenvalue weighted by Crippen LogP contribution is 2.25. The largest absolute Gasteiger partial charge is 0.372 e. The molecule has 0 heterocycles. The van der Waals surface area contributed by atoms with Crippen LogP contribution >= 0.6 is 0 Å². The molecule has 10 nitrogen and oxygen atoms in total. The van der Waals surface area contributed by atoms with Gasteiger partial charge in [-0.3, -0.25) is 25.0 Å². The summed E-state index contributed by atoms with van der Waals surface area (Å²) < 4.78 is 0. The molecule has 10 heteroatoms. The summed E-state index contributed by atoms with van der Waals surface area (Å²) in [6, 6.07) is 2.52. The number of nitrogens with zero attached hydrogens (tertiary/aromatic N) is 3. The summed E-state index contributed by atoms with van der Waals surface area (Å²) >= 11 is 0. The number of carbonyl (C=O) groups excluding carboxylic acids is 2. The van der Waals surface area contributed by atoms with Crippen molar-refractivity contribution in [2.45, 2.75) is 6.92 Å². The molecule has 0 bridgehead atoms. The number of ketones is 1. The first-order valence-corrected chi connectivity index (χ1v) is 6.42. The lowest BCUT2D eigenvalue weighted by molar-refractivity contribution is -0.394. The zero-order chi connectivity index (χ0) is 17.9. The van der Waals surface area contributed by atoms with Crippen LogP contribution in [0.5, 0.6) is 0 Å². The maximum Gasteiger partial charge on any atom is 0.372 e. The van der Waals surface area contributed by atoms with E-state index in [1.807, 2.05) is 0 Å². The smallest absolute Gasteiger partial charge is 0.312 e. The molecule has 0 aliphatic heterocycles. The fraction of sp³-hybridized carbons (Fsp3) is 0.0714. The van der Waals surface area contributed by atoms with Crippen LogP contribution in [0.3, 0.4) is 0 Å². The highest BCUT2D eigenvalue weighted by atomic mass is 16.7. The van der Waals surface area contributed by atoms with E-state index in [0.29, 0.717) is 11.6 Å². The van der Waals surface area contributed by atoms with Crippen LogP contribution in [0.1, 0.15) is 17.3 Å². The third kappa shape index (κ3) is 3.55. The molecular formula is C14H9N3O7. The summed E-state index contributed by atoms with van der Waals surface area (Å²) in [5.74, 6) is -1.37. The summed E-state index contributed by atoms with van der Waals surface area (Å²) in [4.78, 5) is 47.7. The van der Waals surface area contributed by atoms with E-state index < -0.39 is 32.8 Å². The van der Waals surface area contributed by atoms with Gasteiger partial charge in [0.1, 0.15) is 11.3 Å². The summed E-state index contributed by atoms with van der Waals surface area (Å²) in [5, 5.41) is 25.1. The van der Waals surface area contributed by atoms with E-state index in [9.17, 15) is 29.8 Å². The van der Waals surface area contributed by atoms with Gasteiger partial charge in [0.2, 0.25) is 0 Å². The van der Waals surface area contributed by atoms with Crippen LogP contribution in [-0.2, 0) is 9.63 Å². The molecule has 1 aromatic rings. The predicted molar refractivity (Wildman–Crippen MR) is 80.5 cm³/mol. The Bertz CT molecular complexity index is 852. The van der Waals surface area contributed by atoms with Crippen molar-refractivity contribution in [2.75, 3.05) is 0 Å². The molecule has 0 amide bonds. The van der Waals surface area contributed by atoms with Gasteiger partial charge in [-0.1, -0.05) is 5.16 Å². The van der Waals surface area contributed by atoms with Crippen molar-refractivity contribution < 1.29 is 24.3 Å². The Morgan fingerprint density at radius 1 is 1.17 bits per heavy atom. The summed E-state index contributed by atoms with van der Waals surface area (Å²) in [5.41, 5.74) is -1.22. The van der Waals surface area contributed by atoms with Gasteiger partial charge in [0.05, 0.1) is 15.9 Å². The van der Waals surface area contributed by atoms with Crippen LogP contribution in [0.15, 0.2) is 47.2 Å². The molecule has 1 aliphatic rings. The first-order chi connectivity index (χ1) is 11.3. The predicted octanol–water partition coefficient (Wildman–Crippen LogP) is 2.10. The lowest BCUT2D eigenvalue weighted by Crippen LogP contribution is -2.09. The number of oxime groups is 1. The van der Waals surface area contributed by atoms with Crippen molar-refractivity contribution in [1.29, 1.82) is 0 Å².